The number of hydrogen-bond donors (Lipinski definition) is 1. The van der Waals surface area contributed by atoms with Crippen LogP contribution in [0.2, 0.25) is 0 Å². The fourth-order valence-electron chi connectivity index (χ4n) is 4.15. The third kappa shape index (κ3) is 3.63. The average Bonchev–Trinajstić information content (AvgIpc) is 3.25. The lowest BCUT2D eigenvalue weighted by atomic mass is 9.95. The Morgan fingerprint density at radius 1 is 1.10 bits per heavy atom. The van der Waals surface area contributed by atoms with Crippen molar-refractivity contribution in [2.24, 2.45) is 5.92 Å². The van der Waals surface area contributed by atoms with Crippen LogP contribution in [0.3, 0.4) is 0 Å². The third-order valence-electron chi connectivity index (χ3n) is 5.79. The normalized spacial score (nSPS) is 16.1. The topological polar surface area (TPSA) is 63.7 Å². The minimum absolute atomic E-state index is 0.0277. The quantitative estimate of drug-likeness (QED) is 0.716. The SMILES string of the molecule is O=C(NCc1ccc2c(c1)OCO2)C1CCN(c2ccnc3ccc(F)cc23)CC1. The van der Waals surface area contributed by atoms with Crippen molar-refractivity contribution in [3.8, 4) is 11.5 Å². The van der Waals surface area contributed by atoms with E-state index < -0.39 is 0 Å². The monoisotopic (exact) mass is 407 g/mol. The summed E-state index contributed by atoms with van der Waals surface area (Å²) >= 11 is 0. The molecular weight excluding hydrogens is 385 g/mol. The number of hydrogen-bond acceptors (Lipinski definition) is 5. The standard InChI is InChI=1S/C23H22FN3O3/c24-17-2-3-19-18(12-17)20(5-8-25-19)27-9-6-16(7-10-27)23(28)26-13-15-1-4-21-22(11-15)30-14-29-21/h1-5,8,11-12,16H,6-7,9-10,13-14H2,(H,26,28). The largest absolute Gasteiger partial charge is 0.454 e. The van der Waals surface area contributed by atoms with Crippen LogP contribution < -0.4 is 19.7 Å². The number of fused-ring (bicyclic) bond motifs is 2. The number of nitrogens with zero attached hydrogens (tertiary/aromatic N) is 2. The molecule has 0 aliphatic carbocycles. The van der Waals surface area contributed by atoms with Crippen LogP contribution >= 0.6 is 0 Å². The van der Waals surface area contributed by atoms with Crippen molar-refractivity contribution in [3.05, 3.63) is 60.0 Å². The number of aromatic nitrogens is 1. The molecule has 7 heteroatoms. The van der Waals surface area contributed by atoms with Crippen LogP contribution in [0.25, 0.3) is 10.9 Å². The van der Waals surface area contributed by atoms with Crippen LogP contribution in [0.15, 0.2) is 48.7 Å². The first-order chi connectivity index (χ1) is 14.7. The van der Waals surface area contributed by atoms with Crippen molar-refractivity contribution >= 4 is 22.5 Å². The Bertz CT molecular complexity index is 1100. The second-order valence-corrected chi connectivity index (χ2v) is 7.66. The first-order valence-electron chi connectivity index (χ1n) is 10.1. The Morgan fingerprint density at radius 3 is 2.80 bits per heavy atom. The van der Waals surface area contributed by atoms with E-state index >= 15 is 0 Å². The first-order valence-corrected chi connectivity index (χ1v) is 10.1. The van der Waals surface area contributed by atoms with E-state index in [1.54, 1.807) is 12.3 Å². The van der Waals surface area contributed by atoms with E-state index in [2.05, 4.69) is 15.2 Å². The predicted molar refractivity (Wildman–Crippen MR) is 111 cm³/mol. The number of piperidine rings is 1. The second kappa shape index (κ2) is 7.82. The number of benzene rings is 2. The van der Waals surface area contributed by atoms with Gasteiger partial charge >= 0.3 is 0 Å². The highest BCUT2D eigenvalue weighted by atomic mass is 19.1. The van der Waals surface area contributed by atoms with E-state index in [1.165, 1.54) is 12.1 Å². The van der Waals surface area contributed by atoms with Crippen LogP contribution in [-0.2, 0) is 11.3 Å². The molecule has 0 unspecified atom stereocenters. The summed E-state index contributed by atoms with van der Waals surface area (Å²) in [6.07, 6.45) is 3.26. The summed E-state index contributed by atoms with van der Waals surface area (Å²) in [5.41, 5.74) is 2.73. The molecule has 1 fully saturated rings. The van der Waals surface area contributed by atoms with Gasteiger partial charge in [-0.15, -0.1) is 0 Å². The van der Waals surface area contributed by atoms with E-state index in [1.807, 2.05) is 24.3 Å². The fourth-order valence-corrected chi connectivity index (χ4v) is 4.15. The zero-order valence-electron chi connectivity index (χ0n) is 16.4. The summed E-state index contributed by atoms with van der Waals surface area (Å²) in [6, 6.07) is 12.3. The maximum Gasteiger partial charge on any atom is 0.231 e. The minimum atomic E-state index is -0.269. The van der Waals surface area contributed by atoms with Gasteiger partial charge in [0.2, 0.25) is 12.7 Å². The van der Waals surface area contributed by atoms with E-state index in [0.717, 1.165) is 59.6 Å². The average molecular weight is 407 g/mol. The van der Waals surface area contributed by atoms with E-state index in [4.69, 9.17) is 9.47 Å². The summed E-state index contributed by atoms with van der Waals surface area (Å²) in [4.78, 5) is 19.2. The molecular formula is C23H22FN3O3. The summed E-state index contributed by atoms with van der Waals surface area (Å²) in [5, 5.41) is 3.85. The molecule has 30 heavy (non-hydrogen) atoms. The van der Waals surface area contributed by atoms with Crippen LogP contribution in [-0.4, -0.2) is 30.8 Å². The Hall–Kier alpha value is -3.35. The predicted octanol–water partition coefficient (Wildman–Crippen LogP) is 3.64. The number of pyridine rings is 1. The lowest BCUT2D eigenvalue weighted by molar-refractivity contribution is -0.125. The van der Waals surface area contributed by atoms with Gasteiger partial charge in [-0.3, -0.25) is 9.78 Å². The fraction of sp³-hybridized carbons (Fsp3) is 0.304. The Balaban J connectivity index is 1.20. The van der Waals surface area contributed by atoms with Crippen molar-refractivity contribution in [3.63, 3.8) is 0 Å². The number of amides is 1. The van der Waals surface area contributed by atoms with Crippen LogP contribution in [0.1, 0.15) is 18.4 Å². The van der Waals surface area contributed by atoms with Crippen molar-refractivity contribution < 1.29 is 18.7 Å². The highest BCUT2D eigenvalue weighted by Gasteiger charge is 2.26. The van der Waals surface area contributed by atoms with E-state index in [-0.39, 0.29) is 24.4 Å². The summed E-state index contributed by atoms with van der Waals surface area (Å²) < 4.78 is 24.4. The Labute approximate surface area is 173 Å². The minimum Gasteiger partial charge on any atom is -0.454 e. The smallest absolute Gasteiger partial charge is 0.231 e. The molecule has 0 saturated carbocycles. The van der Waals surface area contributed by atoms with Gasteiger partial charge in [-0.1, -0.05) is 6.07 Å². The molecule has 1 amide bonds. The van der Waals surface area contributed by atoms with Gasteiger partial charge in [0.1, 0.15) is 5.82 Å². The van der Waals surface area contributed by atoms with Crippen molar-refractivity contribution in [2.75, 3.05) is 24.8 Å². The molecule has 0 atom stereocenters. The maximum absolute atomic E-state index is 13.7. The lowest BCUT2D eigenvalue weighted by Gasteiger charge is -2.33. The zero-order chi connectivity index (χ0) is 20.5. The zero-order valence-corrected chi connectivity index (χ0v) is 16.4. The Morgan fingerprint density at radius 2 is 1.93 bits per heavy atom. The molecule has 6 nitrogen and oxygen atoms in total. The van der Waals surface area contributed by atoms with Gasteiger partial charge < -0.3 is 19.7 Å². The van der Waals surface area contributed by atoms with Crippen molar-refractivity contribution in [1.82, 2.24) is 10.3 Å². The van der Waals surface area contributed by atoms with Crippen LogP contribution in [0.5, 0.6) is 11.5 Å². The number of anilines is 1. The number of carbonyl (C=O) groups is 1. The van der Waals surface area contributed by atoms with Gasteiger partial charge in [0.25, 0.3) is 0 Å². The molecule has 3 aromatic rings. The lowest BCUT2D eigenvalue weighted by Crippen LogP contribution is -2.40. The maximum atomic E-state index is 13.7. The molecule has 0 spiro atoms. The molecule has 5 rings (SSSR count). The van der Waals surface area contributed by atoms with E-state index in [9.17, 15) is 9.18 Å². The van der Waals surface area contributed by atoms with Gasteiger partial charge in [0.15, 0.2) is 11.5 Å². The third-order valence-corrected chi connectivity index (χ3v) is 5.79. The molecule has 1 saturated heterocycles. The number of ether oxygens (including phenoxy) is 2. The highest BCUT2D eigenvalue weighted by Crippen LogP contribution is 2.33. The van der Waals surface area contributed by atoms with Gasteiger partial charge in [0.05, 0.1) is 5.52 Å². The second-order valence-electron chi connectivity index (χ2n) is 7.66. The van der Waals surface area contributed by atoms with Crippen molar-refractivity contribution in [2.45, 2.75) is 19.4 Å². The molecule has 1 N–H and O–H groups in total. The highest BCUT2D eigenvalue weighted by molar-refractivity contribution is 5.91. The van der Waals surface area contributed by atoms with Gasteiger partial charge in [0, 0.05) is 42.8 Å². The Kier molecular flexibility index (Phi) is 4.86. The van der Waals surface area contributed by atoms with Gasteiger partial charge in [-0.2, -0.15) is 0 Å². The van der Waals surface area contributed by atoms with Gasteiger partial charge in [-0.05, 0) is 54.8 Å². The summed E-state index contributed by atoms with van der Waals surface area (Å²) in [5.74, 6) is 1.23. The molecule has 2 aromatic carbocycles. The molecule has 154 valence electrons. The van der Waals surface area contributed by atoms with Gasteiger partial charge in [-0.25, -0.2) is 4.39 Å². The van der Waals surface area contributed by atoms with Crippen LogP contribution in [0.4, 0.5) is 10.1 Å². The molecule has 2 aliphatic rings. The van der Waals surface area contributed by atoms with E-state index in [0.29, 0.717) is 6.54 Å². The summed E-state index contributed by atoms with van der Waals surface area (Å²) in [6.45, 7) is 2.20. The molecule has 0 bridgehead atoms. The molecule has 1 aromatic heterocycles. The molecule has 0 radical (unpaired) electrons. The van der Waals surface area contributed by atoms with Crippen molar-refractivity contribution in [1.29, 1.82) is 0 Å². The first kappa shape index (κ1) is 18.7. The molecule has 3 heterocycles. The number of halogens is 1. The molecule has 2 aliphatic heterocycles. The number of nitrogens with one attached hydrogen (secondary N) is 1. The summed E-state index contributed by atoms with van der Waals surface area (Å²) in [7, 11) is 0. The number of rotatable bonds is 4. The number of carbonyl (C=O) groups excluding carboxylic acids is 1. The van der Waals surface area contributed by atoms with Crippen LogP contribution in [0, 0.1) is 11.7 Å².